The summed E-state index contributed by atoms with van der Waals surface area (Å²) in [7, 11) is 0. The standard InChI is InChI=1S/C20H29N3O2S/c1-4-25-16-7-8-17-18(12-16)26-20(22-17)23-11-5-6-15(13-23)19(24)21-10-9-14(2)3/h7-8,12,14-15H,4-6,9-11,13H2,1-3H3,(H,21,24)/t15-/m1/s1. The number of hydrogen-bond donors (Lipinski definition) is 1. The van der Waals surface area contributed by atoms with Crippen molar-refractivity contribution in [2.75, 3.05) is 31.1 Å². The molecule has 0 bridgehead atoms. The molecule has 1 N–H and O–H groups in total. The lowest BCUT2D eigenvalue weighted by atomic mass is 9.97. The van der Waals surface area contributed by atoms with Crippen molar-refractivity contribution in [2.45, 2.75) is 40.0 Å². The number of rotatable bonds is 7. The summed E-state index contributed by atoms with van der Waals surface area (Å²) in [5.74, 6) is 1.75. The Morgan fingerprint density at radius 3 is 3.08 bits per heavy atom. The molecule has 26 heavy (non-hydrogen) atoms. The van der Waals surface area contributed by atoms with Crippen LogP contribution in [0, 0.1) is 11.8 Å². The van der Waals surface area contributed by atoms with Crippen LogP contribution in [0.4, 0.5) is 5.13 Å². The average molecular weight is 376 g/mol. The van der Waals surface area contributed by atoms with Gasteiger partial charge in [0.15, 0.2) is 5.13 Å². The first-order valence-electron chi connectivity index (χ1n) is 9.63. The molecule has 1 amide bonds. The van der Waals surface area contributed by atoms with Crippen molar-refractivity contribution in [3.05, 3.63) is 18.2 Å². The number of nitrogens with zero attached hydrogens (tertiary/aromatic N) is 2. The number of aromatic nitrogens is 1. The largest absolute Gasteiger partial charge is 0.494 e. The highest BCUT2D eigenvalue weighted by Crippen LogP contribution is 2.33. The molecule has 142 valence electrons. The minimum atomic E-state index is 0.0573. The van der Waals surface area contributed by atoms with Crippen molar-refractivity contribution in [1.29, 1.82) is 0 Å². The topological polar surface area (TPSA) is 54.5 Å². The summed E-state index contributed by atoms with van der Waals surface area (Å²) in [5.41, 5.74) is 0.997. The number of benzene rings is 1. The lowest BCUT2D eigenvalue weighted by Crippen LogP contribution is -2.43. The van der Waals surface area contributed by atoms with Crippen LogP contribution in [0.5, 0.6) is 5.75 Å². The number of hydrogen-bond acceptors (Lipinski definition) is 5. The van der Waals surface area contributed by atoms with E-state index in [1.807, 2.05) is 19.1 Å². The highest BCUT2D eigenvalue weighted by molar-refractivity contribution is 7.22. The van der Waals surface area contributed by atoms with Crippen LogP contribution < -0.4 is 15.0 Å². The van der Waals surface area contributed by atoms with Gasteiger partial charge in [-0.05, 0) is 50.3 Å². The van der Waals surface area contributed by atoms with Crippen molar-refractivity contribution in [1.82, 2.24) is 10.3 Å². The molecular weight excluding hydrogens is 346 g/mol. The molecule has 0 radical (unpaired) electrons. The lowest BCUT2D eigenvalue weighted by Gasteiger charge is -2.31. The van der Waals surface area contributed by atoms with Gasteiger partial charge >= 0.3 is 0 Å². The summed E-state index contributed by atoms with van der Waals surface area (Å²) < 4.78 is 6.72. The van der Waals surface area contributed by atoms with Crippen molar-refractivity contribution in [3.63, 3.8) is 0 Å². The molecule has 2 heterocycles. The van der Waals surface area contributed by atoms with E-state index in [1.54, 1.807) is 11.3 Å². The Bertz CT molecular complexity index is 744. The zero-order chi connectivity index (χ0) is 18.5. The monoisotopic (exact) mass is 375 g/mol. The molecule has 0 spiro atoms. The summed E-state index contributed by atoms with van der Waals surface area (Å²) in [4.78, 5) is 19.5. The van der Waals surface area contributed by atoms with Gasteiger partial charge in [-0.3, -0.25) is 4.79 Å². The van der Waals surface area contributed by atoms with Crippen LogP contribution >= 0.6 is 11.3 Å². The quantitative estimate of drug-likeness (QED) is 0.792. The van der Waals surface area contributed by atoms with E-state index in [4.69, 9.17) is 9.72 Å². The first-order chi connectivity index (χ1) is 12.6. The first kappa shape index (κ1) is 19.0. The Morgan fingerprint density at radius 2 is 2.31 bits per heavy atom. The second kappa shape index (κ2) is 8.71. The third-order valence-electron chi connectivity index (χ3n) is 4.74. The molecule has 1 aromatic heterocycles. The van der Waals surface area contributed by atoms with Crippen LogP contribution in [0.3, 0.4) is 0 Å². The van der Waals surface area contributed by atoms with Crippen molar-refractivity contribution in [3.8, 4) is 5.75 Å². The van der Waals surface area contributed by atoms with E-state index in [2.05, 4.69) is 30.1 Å². The predicted molar refractivity (Wildman–Crippen MR) is 108 cm³/mol. The molecule has 1 saturated heterocycles. The fourth-order valence-electron chi connectivity index (χ4n) is 3.28. The van der Waals surface area contributed by atoms with Gasteiger partial charge in [0.1, 0.15) is 5.75 Å². The van der Waals surface area contributed by atoms with Gasteiger partial charge in [-0.2, -0.15) is 0 Å². The van der Waals surface area contributed by atoms with E-state index in [0.717, 1.165) is 60.0 Å². The van der Waals surface area contributed by atoms with E-state index in [1.165, 1.54) is 0 Å². The minimum absolute atomic E-state index is 0.0573. The molecule has 1 aliphatic rings. The zero-order valence-corrected chi connectivity index (χ0v) is 16.8. The Kier molecular flexibility index (Phi) is 6.35. The highest BCUT2D eigenvalue weighted by Gasteiger charge is 2.27. The molecule has 5 nitrogen and oxygen atoms in total. The van der Waals surface area contributed by atoms with Crippen LogP contribution in [-0.2, 0) is 4.79 Å². The maximum absolute atomic E-state index is 12.5. The predicted octanol–water partition coefficient (Wildman–Crippen LogP) is 4.07. The third kappa shape index (κ3) is 4.67. The molecular formula is C20H29N3O2S. The van der Waals surface area contributed by atoms with E-state index in [0.29, 0.717) is 12.5 Å². The summed E-state index contributed by atoms with van der Waals surface area (Å²) in [6, 6.07) is 6.04. The number of piperidine rings is 1. The van der Waals surface area contributed by atoms with Gasteiger partial charge in [-0.15, -0.1) is 0 Å². The molecule has 1 atom stereocenters. The second-order valence-electron chi connectivity index (χ2n) is 7.32. The molecule has 1 fully saturated rings. The summed E-state index contributed by atoms with van der Waals surface area (Å²) in [6.07, 6.45) is 3.02. The van der Waals surface area contributed by atoms with Gasteiger partial charge in [0.25, 0.3) is 0 Å². The van der Waals surface area contributed by atoms with E-state index in [9.17, 15) is 4.79 Å². The molecule has 0 aliphatic carbocycles. The molecule has 3 rings (SSSR count). The summed E-state index contributed by atoms with van der Waals surface area (Å²) in [6.45, 7) is 9.50. The fourth-order valence-corrected chi connectivity index (χ4v) is 4.31. The molecule has 1 aromatic carbocycles. The minimum Gasteiger partial charge on any atom is -0.494 e. The maximum atomic E-state index is 12.5. The first-order valence-corrected chi connectivity index (χ1v) is 10.4. The van der Waals surface area contributed by atoms with E-state index >= 15 is 0 Å². The number of fused-ring (bicyclic) bond motifs is 1. The van der Waals surface area contributed by atoms with Gasteiger partial charge < -0.3 is 15.0 Å². The number of carbonyl (C=O) groups excluding carboxylic acids is 1. The van der Waals surface area contributed by atoms with Gasteiger partial charge in [0.05, 0.1) is 22.7 Å². The van der Waals surface area contributed by atoms with E-state index in [-0.39, 0.29) is 11.8 Å². The number of amides is 1. The lowest BCUT2D eigenvalue weighted by molar-refractivity contribution is -0.125. The molecule has 6 heteroatoms. The summed E-state index contributed by atoms with van der Waals surface area (Å²) >= 11 is 1.68. The van der Waals surface area contributed by atoms with Crippen LogP contribution in [0.2, 0.25) is 0 Å². The Hall–Kier alpha value is -1.82. The Balaban J connectivity index is 1.65. The number of anilines is 1. The highest BCUT2D eigenvalue weighted by atomic mass is 32.1. The maximum Gasteiger partial charge on any atom is 0.224 e. The number of carbonyl (C=O) groups is 1. The van der Waals surface area contributed by atoms with Crippen molar-refractivity contribution >= 4 is 32.6 Å². The molecule has 2 aromatic rings. The fraction of sp³-hybridized carbons (Fsp3) is 0.600. The van der Waals surface area contributed by atoms with Gasteiger partial charge in [-0.25, -0.2) is 4.98 Å². The number of thiazole rings is 1. The number of ether oxygens (including phenoxy) is 1. The third-order valence-corrected chi connectivity index (χ3v) is 5.82. The van der Waals surface area contributed by atoms with Crippen molar-refractivity contribution in [2.24, 2.45) is 11.8 Å². The molecule has 0 unspecified atom stereocenters. The zero-order valence-electron chi connectivity index (χ0n) is 16.0. The van der Waals surface area contributed by atoms with Gasteiger partial charge in [0, 0.05) is 19.6 Å². The van der Waals surface area contributed by atoms with Gasteiger partial charge in [0.2, 0.25) is 5.91 Å². The van der Waals surface area contributed by atoms with E-state index < -0.39 is 0 Å². The van der Waals surface area contributed by atoms with Crippen LogP contribution in [-0.4, -0.2) is 37.1 Å². The van der Waals surface area contributed by atoms with Crippen molar-refractivity contribution < 1.29 is 9.53 Å². The Morgan fingerprint density at radius 1 is 1.46 bits per heavy atom. The summed E-state index contributed by atoms with van der Waals surface area (Å²) in [5, 5.41) is 4.11. The molecule has 0 saturated carbocycles. The normalized spacial score (nSPS) is 17.7. The molecule has 1 aliphatic heterocycles. The van der Waals surface area contributed by atoms with Crippen LogP contribution in [0.1, 0.15) is 40.0 Å². The van der Waals surface area contributed by atoms with Crippen LogP contribution in [0.25, 0.3) is 10.2 Å². The Labute approximate surface area is 159 Å². The smallest absolute Gasteiger partial charge is 0.224 e. The number of nitrogens with one attached hydrogen (secondary N) is 1. The van der Waals surface area contributed by atoms with Gasteiger partial charge in [-0.1, -0.05) is 25.2 Å². The van der Waals surface area contributed by atoms with Crippen LogP contribution in [0.15, 0.2) is 18.2 Å². The second-order valence-corrected chi connectivity index (χ2v) is 8.33. The average Bonchev–Trinajstić information content (AvgIpc) is 3.05. The SMILES string of the molecule is CCOc1ccc2nc(N3CCC[C@@H](C(=O)NCCC(C)C)C3)sc2c1.